The number of thiophene rings is 1. The minimum atomic E-state index is -4.31. The van der Waals surface area contributed by atoms with E-state index in [1.165, 1.54) is 17.7 Å². The van der Waals surface area contributed by atoms with Crippen LogP contribution in [0.15, 0.2) is 83.6 Å². The van der Waals surface area contributed by atoms with Crippen molar-refractivity contribution in [3.63, 3.8) is 0 Å². The second kappa shape index (κ2) is 10.8. The first kappa shape index (κ1) is 26.1. The summed E-state index contributed by atoms with van der Waals surface area (Å²) < 4.78 is 39.6. The smallest absolute Gasteiger partial charge is 0.338 e. The quantitative estimate of drug-likeness (QED) is 0.256. The van der Waals surface area contributed by atoms with Crippen LogP contribution in [0.1, 0.15) is 51.7 Å². The van der Waals surface area contributed by atoms with E-state index in [0.717, 1.165) is 60.4 Å². The van der Waals surface area contributed by atoms with E-state index < -0.39 is 11.7 Å². The van der Waals surface area contributed by atoms with Crippen LogP contribution in [0.25, 0.3) is 10.8 Å². The molecule has 2 aliphatic rings. The summed E-state index contributed by atoms with van der Waals surface area (Å²) in [5, 5.41) is 6.35. The number of fused-ring (bicyclic) bond motifs is 1. The van der Waals surface area contributed by atoms with Gasteiger partial charge in [0, 0.05) is 31.1 Å². The highest BCUT2D eigenvalue weighted by Gasteiger charge is 2.38. The summed E-state index contributed by atoms with van der Waals surface area (Å²) in [5.74, 6) is 0.807. The van der Waals surface area contributed by atoms with Gasteiger partial charge in [0.25, 0.3) is 5.91 Å². The molecule has 3 nitrogen and oxygen atoms in total. The summed E-state index contributed by atoms with van der Waals surface area (Å²) >= 11 is 1.69. The number of carbonyl (C=O) groups is 1. The van der Waals surface area contributed by atoms with Crippen molar-refractivity contribution in [1.82, 2.24) is 9.80 Å². The van der Waals surface area contributed by atoms with Crippen molar-refractivity contribution in [2.45, 2.75) is 30.9 Å². The van der Waals surface area contributed by atoms with Gasteiger partial charge >= 0.3 is 6.18 Å². The number of hydrogen-bond acceptors (Lipinski definition) is 3. The first-order chi connectivity index (χ1) is 18.9. The molecule has 39 heavy (non-hydrogen) atoms. The number of nitrogens with zero attached hydrogens (tertiary/aromatic N) is 2. The zero-order valence-electron chi connectivity index (χ0n) is 21.6. The van der Waals surface area contributed by atoms with Crippen molar-refractivity contribution in [3.8, 4) is 0 Å². The normalized spacial score (nSPS) is 21.1. The number of piperidine rings is 1. The predicted molar refractivity (Wildman–Crippen MR) is 150 cm³/mol. The predicted octanol–water partition coefficient (Wildman–Crippen LogP) is 7.66. The third-order valence-electron chi connectivity index (χ3n) is 8.49. The van der Waals surface area contributed by atoms with E-state index in [-0.39, 0.29) is 17.7 Å². The lowest BCUT2D eigenvalue weighted by atomic mass is 9.86. The number of halogens is 3. The van der Waals surface area contributed by atoms with E-state index in [2.05, 4.69) is 21.7 Å². The molecule has 0 spiro atoms. The second-order valence-electron chi connectivity index (χ2n) is 10.9. The maximum Gasteiger partial charge on any atom is 0.416 e. The first-order valence-corrected chi connectivity index (χ1v) is 14.5. The van der Waals surface area contributed by atoms with Crippen LogP contribution in [-0.4, -0.2) is 48.4 Å². The van der Waals surface area contributed by atoms with Crippen LogP contribution in [0.2, 0.25) is 0 Å². The molecule has 2 saturated heterocycles. The van der Waals surface area contributed by atoms with Gasteiger partial charge in [0.2, 0.25) is 0 Å². The molecule has 3 heterocycles. The Balaban J connectivity index is 1.15. The van der Waals surface area contributed by atoms with Crippen molar-refractivity contribution in [2.24, 2.45) is 5.92 Å². The Morgan fingerprint density at radius 1 is 0.897 bits per heavy atom. The lowest BCUT2D eigenvalue weighted by Gasteiger charge is -2.35. The Hall–Kier alpha value is -3.16. The Morgan fingerprint density at radius 3 is 2.44 bits per heavy atom. The fraction of sp³-hybridized carbons (Fsp3) is 0.344. The molecule has 1 amide bonds. The molecule has 0 N–H and O–H groups in total. The molecule has 0 radical (unpaired) electrons. The lowest BCUT2D eigenvalue weighted by Crippen LogP contribution is -2.38. The summed E-state index contributed by atoms with van der Waals surface area (Å²) in [7, 11) is 0. The standard InChI is InChI=1S/C32H31F3N2OS/c33-32(34,35)27-8-3-7-24(17-27)22-11-14-36(15-12-22)18-26-19-37(20-30(26)25-13-16-39-21-25)31(38)29-10-4-6-23-5-1-2-9-28(23)29/h1-10,13,16-17,21-22,26,30H,11-12,14-15,18-20H2. The highest BCUT2D eigenvalue weighted by Crippen LogP contribution is 2.38. The van der Waals surface area contributed by atoms with Gasteiger partial charge in [0.15, 0.2) is 0 Å². The van der Waals surface area contributed by atoms with Crippen LogP contribution >= 0.6 is 11.3 Å². The molecule has 7 heteroatoms. The molecular formula is C32H31F3N2OS. The van der Waals surface area contributed by atoms with Gasteiger partial charge in [-0.15, -0.1) is 0 Å². The second-order valence-corrected chi connectivity index (χ2v) is 11.6. The van der Waals surface area contributed by atoms with E-state index in [1.54, 1.807) is 11.3 Å². The molecule has 2 unspecified atom stereocenters. The summed E-state index contributed by atoms with van der Waals surface area (Å²) in [4.78, 5) is 18.2. The van der Waals surface area contributed by atoms with Crippen LogP contribution in [0, 0.1) is 5.92 Å². The molecule has 4 aromatic rings. The van der Waals surface area contributed by atoms with Crippen LogP contribution in [0.5, 0.6) is 0 Å². The average Bonchev–Trinajstić information content (AvgIpc) is 3.63. The van der Waals surface area contributed by atoms with Crippen LogP contribution in [0.4, 0.5) is 13.2 Å². The van der Waals surface area contributed by atoms with Crippen molar-refractivity contribution in [1.29, 1.82) is 0 Å². The molecular weight excluding hydrogens is 517 g/mol. The summed E-state index contributed by atoms with van der Waals surface area (Å²) in [5.41, 5.74) is 2.26. The van der Waals surface area contributed by atoms with Gasteiger partial charge < -0.3 is 9.80 Å². The molecule has 6 rings (SSSR count). The van der Waals surface area contributed by atoms with Crippen LogP contribution in [-0.2, 0) is 6.18 Å². The van der Waals surface area contributed by atoms with Gasteiger partial charge in [-0.1, -0.05) is 54.6 Å². The Labute approximate surface area is 230 Å². The third-order valence-corrected chi connectivity index (χ3v) is 9.19. The van der Waals surface area contributed by atoms with Gasteiger partial charge in [-0.3, -0.25) is 4.79 Å². The monoisotopic (exact) mass is 548 g/mol. The number of benzene rings is 3. The topological polar surface area (TPSA) is 23.6 Å². The minimum Gasteiger partial charge on any atom is -0.338 e. The van der Waals surface area contributed by atoms with E-state index >= 15 is 0 Å². The number of alkyl halides is 3. The van der Waals surface area contributed by atoms with Crippen LogP contribution < -0.4 is 0 Å². The fourth-order valence-corrected chi connectivity index (χ4v) is 7.14. The number of rotatable bonds is 5. The van der Waals surface area contributed by atoms with E-state index in [9.17, 15) is 18.0 Å². The van der Waals surface area contributed by atoms with Crippen molar-refractivity contribution < 1.29 is 18.0 Å². The molecule has 2 aliphatic heterocycles. The molecule has 0 saturated carbocycles. The van der Waals surface area contributed by atoms with Gasteiger partial charge in [0.05, 0.1) is 5.56 Å². The molecule has 1 aromatic heterocycles. The van der Waals surface area contributed by atoms with E-state index in [4.69, 9.17) is 0 Å². The van der Waals surface area contributed by atoms with Gasteiger partial charge in [-0.2, -0.15) is 24.5 Å². The Morgan fingerprint density at radius 2 is 1.67 bits per heavy atom. The molecule has 202 valence electrons. The van der Waals surface area contributed by atoms with Crippen molar-refractivity contribution >= 4 is 28.0 Å². The fourth-order valence-electron chi connectivity index (χ4n) is 6.42. The SMILES string of the molecule is O=C(c1cccc2ccccc12)N1CC(CN2CCC(c3cccc(C(F)(F)F)c3)CC2)C(c2ccsc2)C1. The Bertz CT molecular complexity index is 1440. The number of amides is 1. The summed E-state index contributed by atoms with van der Waals surface area (Å²) in [6.07, 6.45) is -2.63. The van der Waals surface area contributed by atoms with Crippen LogP contribution in [0.3, 0.4) is 0 Å². The highest BCUT2D eigenvalue weighted by molar-refractivity contribution is 7.08. The maximum atomic E-state index is 13.7. The third kappa shape index (κ3) is 5.48. The van der Waals surface area contributed by atoms with Crippen molar-refractivity contribution in [3.05, 3.63) is 106 Å². The highest BCUT2D eigenvalue weighted by atomic mass is 32.1. The molecule has 2 fully saturated rings. The summed E-state index contributed by atoms with van der Waals surface area (Å²) in [6.45, 7) is 3.99. The number of carbonyl (C=O) groups excluding carboxylic acids is 1. The van der Waals surface area contributed by atoms with Gasteiger partial charge in [-0.05, 0) is 88.6 Å². The zero-order chi connectivity index (χ0) is 27.0. The number of hydrogen-bond donors (Lipinski definition) is 0. The van der Waals surface area contributed by atoms with Gasteiger partial charge in [-0.25, -0.2) is 0 Å². The first-order valence-electron chi connectivity index (χ1n) is 13.6. The Kier molecular flexibility index (Phi) is 7.21. The van der Waals surface area contributed by atoms with Crippen molar-refractivity contribution in [2.75, 3.05) is 32.7 Å². The van der Waals surface area contributed by atoms with E-state index in [0.29, 0.717) is 19.0 Å². The van der Waals surface area contributed by atoms with Gasteiger partial charge in [0.1, 0.15) is 0 Å². The average molecular weight is 549 g/mol. The molecule has 0 aliphatic carbocycles. The van der Waals surface area contributed by atoms with E-state index in [1.807, 2.05) is 53.4 Å². The maximum absolute atomic E-state index is 13.7. The minimum absolute atomic E-state index is 0.0813. The lowest BCUT2D eigenvalue weighted by molar-refractivity contribution is -0.137. The molecule has 2 atom stereocenters. The molecule has 0 bridgehead atoms. The summed E-state index contributed by atoms with van der Waals surface area (Å²) in [6, 6.07) is 21.9. The largest absolute Gasteiger partial charge is 0.416 e. The number of likely N-dealkylation sites (tertiary alicyclic amines) is 2. The molecule has 3 aromatic carbocycles. The zero-order valence-corrected chi connectivity index (χ0v) is 22.4.